The lowest BCUT2D eigenvalue weighted by Gasteiger charge is -2.11. The lowest BCUT2D eigenvalue weighted by Crippen LogP contribution is -2.06. The molecule has 21 heavy (non-hydrogen) atoms. The molecule has 112 valence electrons. The molecule has 0 aromatic heterocycles. The third-order valence-electron chi connectivity index (χ3n) is 3.10. The second-order valence-corrected chi connectivity index (χ2v) is 4.60. The number of nitrogens with two attached hydrogens (primary N) is 1. The maximum absolute atomic E-state index is 12.5. The van der Waals surface area contributed by atoms with Crippen molar-refractivity contribution in [3.8, 4) is 0 Å². The summed E-state index contributed by atoms with van der Waals surface area (Å²) in [7, 11) is 1.78. The second kappa shape index (κ2) is 5.95. The van der Waals surface area contributed by atoms with Crippen molar-refractivity contribution in [2.75, 3.05) is 23.4 Å². The first-order valence-electron chi connectivity index (χ1n) is 6.37. The van der Waals surface area contributed by atoms with Crippen LogP contribution in [-0.2, 0) is 12.7 Å². The van der Waals surface area contributed by atoms with Crippen molar-refractivity contribution in [3.05, 3.63) is 53.6 Å². The monoisotopic (exact) mass is 295 g/mol. The number of hydrogen-bond acceptors (Lipinski definition) is 3. The van der Waals surface area contributed by atoms with Gasteiger partial charge < -0.3 is 16.4 Å². The van der Waals surface area contributed by atoms with Crippen molar-refractivity contribution in [1.29, 1.82) is 0 Å². The summed E-state index contributed by atoms with van der Waals surface area (Å²) in [4.78, 5) is 0. The molecule has 4 N–H and O–H groups in total. The summed E-state index contributed by atoms with van der Waals surface area (Å²) in [5.74, 6) is 0. The van der Waals surface area contributed by atoms with Gasteiger partial charge in [0.25, 0.3) is 0 Å². The van der Waals surface area contributed by atoms with E-state index < -0.39 is 11.7 Å². The Morgan fingerprint density at radius 3 is 2.24 bits per heavy atom. The van der Waals surface area contributed by atoms with Crippen LogP contribution in [0.25, 0.3) is 0 Å². The quantitative estimate of drug-likeness (QED) is 0.749. The molecule has 0 aliphatic heterocycles. The smallest absolute Gasteiger partial charge is 0.397 e. The van der Waals surface area contributed by atoms with Gasteiger partial charge in [0.15, 0.2) is 0 Å². The molecule has 0 saturated carbocycles. The molecule has 0 heterocycles. The maximum atomic E-state index is 12.5. The molecule has 0 radical (unpaired) electrons. The fourth-order valence-corrected chi connectivity index (χ4v) is 1.92. The molecule has 6 heteroatoms. The molecule has 3 nitrogen and oxygen atoms in total. The highest BCUT2D eigenvalue weighted by atomic mass is 19.4. The Balaban J connectivity index is 2.01. The van der Waals surface area contributed by atoms with E-state index >= 15 is 0 Å². The first-order valence-corrected chi connectivity index (χ1v) is 6.37. The zero-order chi connectivity index (χ0) is 15.5. The molecule has 0 saturated heterocycles. The summed E-state index contributed by atoms with van der Waals surface area (Å²) in [5.41, 5.74) is 8.21. The van der Waals surface area contributed by atoms with Crippen LogP contribution >= 0.6 is 0 Å². The average Bonchev–Trinajstić information content (AvgIpc) is 2.45. The van der Waals surface area contributed by atoms with Crippen LogP contribution in [0.2, 0.25) is 0 Å². The fraction of sp³-hybridized carbons (Fsp3) is 0.200. The molecule has 0 spiro atoms. The van der Waals surface area contributed by atoms with Gasteiger partial charge in [0.2, 0.25) is 0 Å². The number of halogens is 3. The molecule has 0 aliphatic rings. The molecule has 0 atom stereocenters. The van der Waals surface area contributed by atoms with Crippen LogP contribution in [0.15, 0.2) is 42.5 Å². The lowest BCUT2D eigenvalue weighted by molar-refractivity contribution is -0.137. The number of rotatable bonds is 4. The van der Waals surface area contributed by atoms with E-state index in [0.29, 0.717) is 12.2 Å². The molecule has 0 unspecified atom stereocenters. The van der Waals surface area contributed by atoms with Crippen LogP contribution in [0.1, 0.15) is 11.1 Å². The highest BCUT2D eigenvalue weighted by Crippen LogP contribution is 2.29. The van der Waals surface area contributed by atoms with E-state index in [4.69, 9.17) is 5.73 Å². The van der Waals surface area contributed by atoms with Crippen molar-refractivity contribution in [2.24, 2.45) is 0 Å². The zero-order valence-electron chi connectivity index (χ0n) is 11.5. The minimum atomic E-state index is -4.30. The fourth-order valence-electron chi connectivity index (χ4n) is 1.92. The predicted molar refractivity (Wildman–Crippen MR) is 79.2 cm³/mol. The van der Waals surface area contributed by atoms with E-state index in [0.717, 1.165) is 29.1 Å². The summed E-state index contributed by atoms with van der Waals surface area (Å²) in [6.07, 6.45) is -4.30. The highest BCUT2D eigenvalue weighted by Gasteiger charge is 2.29. The van der Waals surface area contributed by atoms with E-state index in [1.165, 1.54) is 12.1 Å². The lowest BCUT2D eigenvalue weighted by atomic mass is 10.1. The Labute approximate surface area is 121 Å². The van der Waals surface area contributed by atoms with E-state index in [9.17, 15) is 13.2 Å². The number of benzene rings is 2. The van der Waals surface area contributed by atoms with Crippen LogP contribution in [-0.4, -0.2) is 7.05 Å². The van der Waals surface area contributed by atoms with E-state index in [2.05, 4.69) is 10.6 Å². The van der Waals surface area contributed by atoms with Gasteiger partial charge in [-0.15, -0.1) is 0 Å². The summed E-state index contributed by atoms with van der Waals surface area (Å²) >= 11 is 0. The molecular weight excluding hydrogens is 279 g/mol. The molecule has 0 aliphatic carbocycles. The van der Waals surface area contributed by atoms with Crippen LogP contribution in [0.3, 0.4) is 0 Å². The molecular formula is C15H16F3N3. The van der Waals surface area contributed by atoms with Crippen LogP contribution in [0.4, 0.5) is 30.2 Å². The van der Waals surface area contributed by atoms with E-state index in [1.54, 1.807) is 13.1 Å². The minimum Gasteiger partial charge on any atom is -0.397 e. The van der Waals surface area contributed by atoms with Crippen molar-refractivity contribution >= 4 is 17.1 Å². The number of hydrogen-bond donors (Lipinski definition) is 3. The van der Waals surface area contributed by atoms with Crippen LogP contribution < -0.4 is 16.4 Å². The second-order valence-electron chi connectivity index (χ2n) is 4.60. The third kappa shape index (κ3) is 3.81. The molecule has 2 rings (SSSR count). The normalized spacial score (nSPS) is 11.2. The third-order valence-corrected chi connectivity index (χ3v) is 3.10. The Bertz CT molecular complexity index is 607. The summed E-state index contributed by atoms with van der Waals surface area (Å²) in [6.45, 7) is 0.427. The van der Waals surface area contributed by atoms with Crippen molar-refractivity contribution in [2.45, 2.75) is 12.7 Å². The Morgan fingerprint density at radius 1 is 1.05 bits per heavy atom. The summed E-state index contributed by atoms with van der Waals surface area (Å²) in [6, 6.07) is 10.5. The Hall–Kier alpha value is -2.37. The average molecular weight is 295 g/mol. The minimum absolute atomic E-state index is 0.427. The van der Waals surface area contributed by atoms with E-state index in [-0.39, 0.29) is 0 Å². The zero-order valence-corrected chi connectivity index (χ0v) is 11.5. The molecule has 0 amide bonds. The van der Waals surface area contributed by atoms with Gasteiger partial charge in [-0.1, -0.05) is 12.1 Å². The molecule has 2 aromatic carbocycles. The predicted octanol–water partition coefficient (Wildman–Crippen LogP) is 3.94. The van der Waals surface area contributed by atoms with Gasteiger partial charge in [-0.25, -0.2) is 0 Å². The standard InChI is InChI=1S/C15H16F3N3/c1-20-14-7-6-12(8-13(14)19)21-9-10-2-4-11(5-3-10)15(16,17)18/h2-8,20-21H,9,19H2,1H3. The van der Waals surface area contributed by atoms with Gasteiger partial charge in [0.1, 0.15) is 0 Å². The molecule has 2 aromatic rings. The van der Waals surface area contributed by atoms with E-state index in [1.807, 2.05) is 12.1 Å². The molecule has 0 bridgehead atoms. The van der Waals surface area contributed by atoms with Gasteiger partial charge in [-0.2, -0.15) is 13.2 Å². The van der Waals surface area contributed by atoms with Crippen molar-refractivity contribution in [3.63, 3.8) is 0 Å². The van der Waals surface area contributed by atoms with Crippen LogP contribution in [0.5, 0.6) is 0 Å². The first-order chi connectivity index (χ1) is 9.90. The number of nitrogens with one attached hydrogen (secondary N) is 2. The van der Waals surface area contributed by atoms with Crippen LogP contribution in [0, 0.1) is 0 Å². The van der Waals surface area contributed by atoms with Gasteiger partial charge in [0.05, 0.1) is 16.9 Å². The van der Waals surface area contributed by atoms with Crippen molar-refractivity contribution in [1.82, 2.24) is 0 Å². The highest BCUT2D eigenvalue weighted by molar-refractivity contribution is 5.71. The first kappa shape index (κ1) is 15.0. The summed E-state index contributed by atoms with van der Waals surface area (Å²) in [5, 5.41) is 6.08. The SMILES string of the molecule is CNc1ccc(NCc2ccc(C(F)(F)F)cc2)cc1N. The van der Waals surface area contributed by atoms with Gasteiger partial charge >= 0.3 is 6.18 Å². The van der Waals surface area contributed by atoms with Gasteiger partial charge in [-0.05, 0) is 35.9 Å². The van der Waals surface area contributed by atoms with Gasteiger partial charge in [-0.3, -0.25) is 0 Å². The number of alkyl halides is 3. The Morgan fingerprint density at radius 2 is 1.71 bits per heavy atom. The maximum Gasteiger partial charge on any atom is 0.416 e. The topological polar surface area (TPSA) is 50.1 Å². The number of nitrogen functional groups attached to an aromatic ring is 1. The number of anilines is 3. The largest absolute Gasteiger partial charge is 0.416 e. The van der Waals surface area contributed by atoms with Gasteiger partial charge in [0, 0.05) is 19.3 Å². The molecule has 0 fully saturated rings. The van der Waals surface area contributed by atoms with Crippen molar-refractivity contribution < 1.29 is 13.2 Å². The Kier molecular flexibility index (Phi) is 4.26. The summed E-state index contributed by atoms with van der Waals surface area (Å²) < 4.78 is 37.4.